The second kappa shape index (κ2) is 5.29. The molecule has 1 aromatic heterocycles. The first-order valence-electron chi connectivity index (χ1n) is 5.06. The standard InChI is InChI=1S/C11H17BrN2OS/c1-11(2,6-13)7-14(3)10(15)9-8(12)4-5-16-9/h4-5H,6-7,13H2,1-3H3. The largest absolute Gasteiger partial charge is 0.340 e. The molecule has 0 aliphatic rings. The molecule has 90 valence electrons. The number of nitrogens with zero attached hydrogens (tertiary/aromatic N) is 1. The van der Waals surface area contributed by atoms with Crippen LogP contribution >= 0.6 is 27.3 Å². The van der Waals surface area contributed by atoms with E-state index >= 15 is 0 Å². The highest BCUT2D eigenvalue weighted by atomic mass is 79.9. The minimum absolute atomic E-state index is 0.0448. The molecule has 0 aromatic carbocycles. The summed E-state index contributed by atoms with van der Waals surface area (Å²) in [4.78, 5) is 14.6. The van der Waals surface area contributed by atoms with E-state index in [0.717, 1.165) is 9.35 Å². The van der Waals surface area contributed by atoms with Gasteiger partial charge in [-0.1, -0.05) is 13.8 Å². The Kier molecular flexibility index (Phi) is 4.52. The topological polar surface area (TPSA) is 46.3 Å². The number of rotatable bonds is 4. The quantitative estimate of drug-likeness (QED) is 0.929. The third-order valence-corrected chi connectivity index (χ3v) is 4.20. The van der Waals surface area contributed by atoms with Crippen LogP contribution in [0, 0.1) is 5.41 Å². The van der Waals surface area contributed by atoms with Crippen LogP contribution in [0.5, 0.6) is 0 Å². The Bertz CT molecular complexity index is 376. The Balaban J connectivity index is 2.73. The van der Waals surface area contributed by atoms with Crippen molar-refractivity contribution >= 4 is 33.2 Å². The predicted molar refractivity (Wildman–Crippen MR) is 71.8 cm³/mol. The van der Waals surface area contributed by atoms with Crippen LogP contribution in [0.25, 0.3) is 0 Å². The van der Waals surface area contributed by atoms with Crippen LogP contribution in [0.3, 0.4) is 0 Å². The van der Waals surface area contributed by atoms with Crippen LogP contribution in [0.15, 0.2) is 15.9 Å². The third-order valence-electron chi connectivity index (χ3n) is 2.38. The Morgan fingerprint density at radius 3 is 2.69 bits per heavy atom. The van der Waals surface area contributed by atoms with E-state index in [2.05, 4.69) is 29.8 Å². The van der Waals surface area contributed by atoms with Crippen molar-refractivity contribution in [1.29, 1.82) is 0 Å². The maximum atomic E-state index is 12.1. The molecule has 0 radical (unpaired) electrons. The first-order chi connectivity index (χ1) is 7.37. The van der Waals surface area contributed by atoms with Crippen LogP contribution in [0.4, 0.5) is 0 Å². The lowest BCUT2D eigenvalue weighted by Crippen LogP contribution is -2.39. The lowest BCUT2D eigenvalue weighted by atomic mass is 9.93. The first kappa shape index (κ1) is 13.7. The van der Waals surface area contributed by atoms with Crippen molar-refractivity contribution in [3.8, 4) is 0 Å². The summed E-state index contributed by atoms with van der Waals surface area (Å²) in [6, 6.07) is 1.89. The van der Waals surface area contributed by atoms with Gasteiger partial charge in [0.2, 0.25) is 0 Å². The van der Waals surface area contributed by atoms with Crippen molar-refractivity contribution < 1.29 is 4.79 Å². The van der Waals surface area contributed by atoms with Gasteiger partial charge in [0.15, 0.2) is 0 Å². The summed E-state index contributed by atoms with van der Waals surface area (Å²) in [5.41, 5.74) is 5.61. The smallest absolute Gasteiger partial charge is 0.264 e. The van der Waals surface area contributed by atoms with E-state index in [0.29, 0.717) is 13.1 Å². The van der Waals surface area contributed by atoms with Crippen molar-refractivity contribution in [3.63, 3.8) is 0 Å². The zero-order valence-corrected chi connectivity index (χ0v) is 12.2. The summed E-state index contributed by atoms with van der Waals surface area (Å²) in [5.74, 6) is 0.0448. The number of carbonyl (C=O) groups excluding carboxylic acids is 1. The lowest BCUT2D eigenvalue weighted by Gasteiger charge is -2.28. The van der Waals surface area contributed by atoms with Gasteiger partial charge in [0, 0.05) is 18.1 Å². The van der Waals surface area contributed by atoms with Gasteiger partial charge < -0.3 is 10.6 Å². The van der Waals surface area contributed by atoms with E-state index in [1.54, 1.807) is 4.90 Å². The molecular weight excluding hydrogens is 288 g/mol. The molecule has 16 heavy (non-hydrogen) atoms. The summed E-state index contributed by atoms with van der Waals surface area (Å²) in [7, 11) is 1.81. The van der Waals surface area contributed by atoms with Gasteiger partial charge in [-0.15, -0.1) is 11.3 Å². The molecule has 0 aliphatic heterocycles. The summed E-state index contributed by atoms with van der Waals surface area (Å²) in [6.07, 6.45) is 0. The first-order valence-corrected chi connectivity index (χ1v) is 6.73. The molecule has 0 bridgehead atoms. The van der Waals surface area contributed by atoms with Gasteiger partial charge in [-0.25, -0.2) is 0 Å². The van der Waals surface area contributed by atoms with Gasteiger partial charge in [-0.3, -0.25) is 4.79 Å². The van der Waals surface area contributed by atoms with Crippen molar-refractivity contribution in [2.24, 2.45) is 11.1 Å². The number of hydrogen-bond donors (Lipinski definition) is 1. The monoisotopic (exact) mass is 304 g/mol. The Morgan fingerprint density at radius 1 is 1.62 bits per heavy atom. The van der Waals surface area contributed by atoms with Crippen LogP contribution in [-0.4, -0.2) is 30.9 Å². The molecule has 0 unspecified atom stereocenters. The highest BCUT2D eigenvalue weighted by Gasteiger charge is 2.23. The van der Waals surface area contributed by atoms with Crippen molar-refractivity contribution in [2.45, 2.75) is 13.8 Å². The van der Waals surface area contributed by atoms with Gasteiger partial charge in [0.1, 0.15) is 4.88 Å². The van der Waals surface area contributed by atoms with Gasteiger partial charge in [-0.2, -0.15) is 0 Å². The normalized spacial score (nSPS) is 11.6. The molecule has 0 spiro atoms. The zero-order chi connectivity index (χ0) is 12.3. The van der Waals surface area contributed by atoms with Crippen molar-refractivity contribution in [2.75, 3.05) is 20.1 Å². The fourth-order valence-electron chi connectivity index (χ4n) is 1.40. The molecule has 1 aromatic rings. The van der Waals surface area contributed by atoms with Crippen LogP contribution in [-0.2, 0) is 0 Å². The molecule has 0 atom stereocenters. The minimum atomic E-state index is -0.0475. The van der Waals surface area contributed by atoms with Gasteiger partial charge in [0.25, 0.3) is 5.91 Å². The third kappa shape index (κ3) is 3.30. The zero-order valence-electron chi connectivity index (χ0n) is 9.79. The number of hydrogen-bond acceptors (Lipinski definition) is 3. The fraction of sp³-hybridized carbons (Fsp3) is 0.545. The molecule has 5 heteroatoms. The summed E-state index contributed by atoms with van der Waals surface area (Å²) in [6.45, 7) is 5.34. The number of nitrogens with two attached hydrogens (primary N) is 1. The second-order valence-electron chi connectivity index (χ2n) is 4.63. The Labute approximate surface area is 109 Å². The highest BCUT2D eigenvalue weighted by Crippen LogP contribution is 2.25. The number of carbonyl (C=O) groups is 1. The van der Waals surface area contributed by atoms with Gasteiger partial charge in [0.05, 0.1) is 0 Å². The van der Waals surface area contributed by atoms with Gasteiger partial charge >= 0.3 is 0 Å². The molecule has 0 aliphatic carbocycles. The molecule has 1 heterocycles. The van der Waals surface area contributed by atoms with Crippen LogP contribution < -0.4 is 5.73 Å². The second-order valence-corrected chi connectivity index (χ2v) is 6.40. The Morgan fingerprint density at radius 2 is 2.25 bits per heavy atom. The van der Waals surface area contributed by atoms with E-state index in [1.807, 2.05) is 18.5 Å². The molecule has 0 fully saturated rings. The highest BCUT2D eigenvalue weighted by molar-refractivity contribution is 9.10. The molecule has 1 rings (SSSR count). The number of thiophene rings is 1. The average molecular weight is 305 g/mol. The van der Waals surface area contributed by atoms with Crippen molar-refractivity contribution in [3.05, 3.63) is 20.8 Å². The van der Waals surface area contributed by atoms with Crippen molar-refractivity contribution in [1.82, 2.24) is 4.90 Å². The summed E-state index contributed by atoms with van der Waals surface area (Å²) in [5, 5.41) is 1.90. The van der Waals surface area contributed by atoms with E-state index in [-0.39, 0.29) is 11.3 Å². The molecule has 1 amide bonds. The van der Waals surface area contributed by atoms with E-state index in [1.165, 1.54) is 11.3 Å². The predicted octanol–water partition coefficient (Wildman–Crippen LogP) is 2.57. The molecule has 0 saturated heterocycles. The Hall–Kier alpha value is -0.390. The summed E-state index contributed by atoms with van der Waals surface area (Å²) >= 11 is 4.82. The maximum Gasteiger partial charge on any atom is 0.264 e. The number of amides is 1. The molecule has 3 nitrogen and oxygen atoms in total. The summed E-state index contributed by atoms with van der Waals surface area (Å²) < 4.78 is 0.861. The fourth-order valence-corrected chi connectivity index (χ4v) is 2.93. The maximum absolute atomic E-state index is 12.1. The van der Waals surface area contributed by atoms with Crippen LogP contribution in [0.1, 0.15) is 23.5 Å². The number of halogens is 1. The molecular formula is C11H17BrN2OS. The van der Waals surface area contributed by atoms with E-state index in [4.69, 9.17) is 5.73 Å². The molecule has 2 N–H and O–H groups in total. The van der Waals surface area contributed by atoms with Gasteiger partial charge in [-0.05, 0) is 39.3 Å². The SMILES string of the molecule is CN(CC(C)(C)CN)C(=O)c1sccc1Br. The molecule has 0 saturated carbocycles. The average Bonchev–Trinajstić information content (AvgIpc) is 2.62. The van der Waals surface area contributed by atoms with E-state index < -0.39 is 0 Å². The lowest BCUT2D eigenvalue weighted by molar-refractivity contribution is 0.0744. The van der Waals surface area contributed by atoms with Crippen LogP contribution in [0.2, 0.25) is 0 Å². The minimum Gasteiger partial charge on any atom is -0.340 e. The van der Waals surface area contributed by atoms with E-state index in [9.17, 15) is 4.79 Å².